The van der Waals surface area contributed by atoms with Crippen LogP contribution in [0.15, 0.2) is 24.3 Å². The second kappa shape index (κ2) is 4.67. The third-order valence-electron chi connectivity index (χ3n) is 5.15. The first-order valence-corrected chi connectivity index (χ1v) is 7.21. The van der Waals surface area contributed by atoms with Crippen LogP contribution in [-0.2, 0) is 6.42 Å². The standard InChI is InChI=1S/C16H23NO/c1-17-14-11-12-7-3-4-8-13(12)15(18)16(14)9-5-2-6-10-16/h3-4,7-8,14-15,17-18H,2,5-6,9-11H2,1H3. The van der Waals surface area contributed by atoms with Crippen LogP contribution in [0, 0.1) is 5.41 Å². The van der Waals surface area contributed by atoms with E-state index in [1.54, 1.807) is 0 Å². The zero-order chi connectivity index (χ0) is 12.6. The summed E-state index contributed by atoms with van der Waals surface area (Å²) >= 11 is 0. The van der Waals surface area contributed by atoms with Crippen molar-refractivity contribution in [1.29, 1.82) is 0 Å². The Morgan fingerprint density at radius 2 is 1.89 bits per heavy atom. The van der Waals surface area contributed by atoms with Gasteiger partial charge in [0.05, 0.1) is 6.10 Å². The van der Waals surface area contributed by atoms with Crippen LogP contribution >= 0.6 is 0 Å². The fraction of sp³-hybridized carbons (Fsp3) is 0.625. The van der Waals surface area contributed by atoms with Crippen LogP contribution in [0.4, 0.5) is 0 Å². The monoisotopic (exact) mass is 245 g/mol. The van der Waals surface area contributed by atoms with Gasteiger partial charge in [0.15, 0.2) is 0 Å². The fourth-order valence-electron chi connectivity index (χ4n) is 4.13. The summed E-state index contributed by atoms with van der Waals surface area (Å²) in [6.07, 6.45) is 6.94. The first kappa shape index (κ1) is 12.2. The normalized spacial score (nSPS) is 30.1. The Morgan fingerprint density at radius 1 is 1.17 bits per heavy atom. The predicted octanol–water partition coefficient (Wildman–Crippen LogP) is 2.81. The predicted molar refractivity (Wildman–Crippen MR) is 73.5 cm³/mol. The van der Waals surface area contributed by atoms with E-state index in [-0.39, 0.29) is 11.5 Å². The van der Waals surface area contributed by atoms with Gasteiger partial charge in [-0.25, -0.2) is 0 Å². The van der Waals surface area contributed by atoms with E-state index in [1.165, 1.54) is 30.4 Å². The van der Waals surface area contributed by atoms with Gasteiger partial charge in [-0.05, 0) is 37.4 Å². The number of rotatable bonds is 1. The molecule has 0 aliphatic heterocycles. The lowest BCUT2D eigenvalue weighted by molar-refractivity contribution is -0.0418. The Kier molecular flexibility index (Phi) is 3.16. The van der Waals surface area contributed by atoms with Crippen molar-refractivity contribution in [1.82, 2.24) is 5.32 Å². The Balaban J connectivity index is 2.03. The van der Waals surface area contributed by atoms with Gasteiger partial charge in [-0.15, -0.1) is 0 Å². The minimum atomic E-state index is -0.291. The van der Waals surface area contributed by atoms with E-state index >= 15 is 0 Å². The average molecular weight is 245 g/mol. The zero-order valence-corrected chi connectivity index (χ0v) is 11.2. The zero-order valence-electron chi connectivity index (χ0n) is 11.2. The molecule has 2 aliphatic rings. The van der Waals surface area contributed by atoms with E-state index in [0.717, 1.165) is 19.3 Å². The van der Waals surface area contributed by atoms with E-state index in [2.05, 4.69) is 29.6 Å². The second-order valence-corrected chi connectivity index (χ2v) is 5.94. The average Bonchev–Trinajstić information content (AvgIpc) is 2.44. The van der Waals surface area contributed by atoms with Gasteiger partial charge in [0.25, 0.3) is 0 Å². The highest BCUT2D eigenvalue weighted by Gasteiger charge is 2.48. The van der Waals surface area contributed by atoms with Crippen LogP contribution in [0.25, 0.3) is 0 Å². The Hall–Kier alpha value is -0.860. The highest BCUT2D eigenvalue weighted by Crippen LogP contribution is 2.52. The number of hydrogen-bond donors (Lipinski definition) is 2. The minimum Gasteiger partial charge on any atom is -0.388 e. The molecule has 1 saturated carbocycles. The molecule has 1 aromatic rings. The van der Waals surface area contributed by atoms with Crippen LogP contribution < -0.4 is 5.32 Å². The maximum Gasteiger partial charge on any atom is 0.0863 e. The van der Waals surface area contributed by atoms with Gasteiger partial charge in [0.2, 0.25) is 0 Å². The molecule has 0 amide bonds. The number of aliphatic hydroxyl groups excluding tert-OH is 1. The first-order chi connectivity index (χ1) is 8.78. The van der Waals surface area contributed by atoms with Gasteiger partial charge in [-0.2, -0.15) is 0 Å². The molecule has 0 saturated heterocycles. The summed E-state index contributed by atoms with van der Waals surface area (Å²) in [7, 11) is 2.04. The van der Waals surface area contributed by atoms with Crippen molar-refractivity contribution in [3.05, 3.63) is 35.4 Å². The molecule has 2 heteroatoms. The molecule has 18 heavy (non-hydrogen) atoms. The van der Waals surface area contributed by atoms with Gasteiger partial charge in [-0.3, -0.25) is 0 Å². The molecule has 3 rings (SSSR count). The number of benzene rings is 1. The topological polar surface area (TPSA) is 32.3 Å². The van der Waals surface area contributed by atoms with Gasteiger partial charge in [0.1, 0.15) is 0 Å². The minimum absolute atomic E-state index is 0.0708. The molecule has 2 nitrogen and oxygen atoms in total. The van der Waals surface area contributed by atoms with Crippen molar-refractivity contribution >= 4 is 0 Å². The molecule has 2 unspecified atom stereocenters. The number of hydrogen-bond acceptors (Lipinski definition) is 2. The summed E-state index contributed by atoms with van der Waals surface area (Å²) in [6.45, 7) is 0. The molecule has 2 N–H and O–H groups in total. The molecule has 98 valence electrons. The third-order valence-corrected chi connectivity index (χ3v) is 5.15. The van der Waals surface area contributed by atoms with Crippen molar-refractivity contribution in [2.24, 2.45) is 5.41 Å². The molecule has 0 bridgehead atoms. The third kappa shape index (κ3) is 1.70. The van der Waals surface area contributed by atoms with E-state index in [9.17, 15) is 5.11 Å². The molecule has 2 atom stereocenters. The van der Waals surface area contributed by atoms with Crippen LogP contribution in [-0.4, -0.2) is 18.2 Å². The largest absolute Gasteiger partial charge is 0.388 e. The van der Waals surface area contributed by atoms with Crippen molar-refractivity contribution < 1.29 is 5.11 Å². The van der Waals surface area contributed by atoms with Crippen molar-refractivity contribution in [2.75, 3.05) is 7.05 Å². The van der Waals surface area contributed by atoms with Crippen molar-refractivity contribution in [3.8, 4) is 0 Å². The lowest BCUT2D eigenvalue weighted by Crippen LogP contribution is -2.52. The first-order valence-electron chi connectivity index (χ1n) is 7.21. The van der Waals surface area contributed by atoms with Crippen LogP contribution in [0.1, 0.15) is 49.3 Å². The fourth-order valence-corrected chi connectivity index (χ4v) is 4.13. The molecule has 1 spiro atoms. The van der Waals surface area contributed by atoms with Gasteiger partial charge in [-0.1, -0.05) is 43.5 Å². The summed E-state index contributed by atoms with van der Waals surface area (Å²) in [5, 5.41) is 14.4. The molecular weight excluding hydrogens is 222 g/mol. The Labute approximate surface area is 109 Å². The van der Waals surface area contributed by atoms with E-state index < -0.39 is 0 Å². The molecule has 0 heterocycles. The lowest BCUT2D eigenvalue weighted by atomic mass is 9.59. The summed E-state index contributed by atoms with van der Waals surface area (Å²) < 4.78 is 0. The number of nitrogens with one attached hydrogen (secondary N) is 1. The molecular formula is C16H23NO. The molecule has 1 aromatic carbocycles. The highest BCUT2D eigenvalue weighted by atomic mass is 16.3. The van der Waals surface area contributed by atoms with E-state index in [0.29, 0.717) is 6.04 Å². The molecule has 0 aromatic heterocycles. The van der Waals surface area contributed by atoms with Gasteiger partial charge >= 0.3 is 0 Å². The summed E-state index contributed by atoms with van der Waals surface area (Å²) in [4.78, 5) is 0. The lowest BCUT2D eigenvalue weighted by Gasteiger charge is -2.50. The van der Waals surface area contributed by atoms with Gasteiger partial charge < -0.3 is 10.4 Å². The molecule has 0 radical (unpaired) electrons. The Morgan fingerprint density at radius 3 is 2.61 bits per heavy atom. The van der Waals surface area contributed by atoms with E-state index in [1.807, 2.05) is 7.05 Å². The second-order valence-electron chi connectivity index (χ2n) is 5.94. The van der Waals surface area contributed by atoms with Gasteiger partial charge in [0, 0.05) is 11.5 Å². The maximum atomic E-state index is 10.9. The SMILES string of the molecule is CNC1Cc2ccccc2C(O)C12CCCCC2. The Bertz CT molecular complexity index is 423. The van der Waals surface area contributed by atoms with Crippen molar-refractivity contribution in [2.45, 2.75) is 50.7 Å². The smallest absolute Gasteiger partial charge is 0.0863 e. The summed E-state index contributed by atoms with van der Waals surface area (Å²) in [5.41, 5.74) is 2.56. The van der Waals surface area contributed by atoms with Crippen molar-refractivity contribution in [3.63, 3.8) is 0 Å². The number of fused-ring (bicyclic) bond motifs is 1. The quantitative estimate of drug-likeness (QED) is 0.797. The molecule has 2 aliphatic carbocycles. The summed E-state index contributed by atoms with van der Waals surface area (Å²) in [5.74, 6) is 0. The number of likely N-dealkylation sites (N-methyl/N-ethyl adjacent to an activating group) is 1. The van der Waals surface area contributed by atoms with Crippen LogP contribution in [0.2, 0.25) is 0 Å². The van der Waals surface area contributed by atoms with Crippen LogP contribution in [0.3, 0.4) is 0 Å². The maximum absolute atomic E-state index is 10.9. The van der Waals surface area contributed by atoms with Crippen LogP contribution in [0.5, 0.6) is 0 Å². The summed E-state index contributed by atoms with van der Waals surface area (Å²) in [6, 6.07) is 8.83. The highest BCUT2D eigenvalue weighted by molar-refractivity contribution is 5.35. The van der Waals surface area contributed by atoms with E-state index in [4.69, 9.17) is 0 Å². The number of aliphatic hydroxyl groups is 1. The molecule has 1 fully saturated rings.